The van der Waals surface area contributed by atoms with E-state index in [4.69, 9.17) is 24.5 Å². The molecule has 3 heterocycles. The number of aromatic nitrogens is 5. The zero-order valence-corrected chi connectivity index (χ0v) is 23.8. The fraction of sp³-hybridized carbons (Fsp3) is 0.222. The van der Waals surface area contributed by atoms with E-state index in [0.717, 1.165) is 5.56 Å². The van der Waals surface area contributed by atoms with Crippen LogP contribution in [0.5, 0.6) is 17.2 Å². The zero-order valence-electron chi connectivity index (χ0n) is 23.0. The molecule has 4 N–H and O–H groups in total. The smallest absolute Gasteiger partial charge is 0.272 e. The van der Waals surface area contributed by atoms with Crippen molar-refractivity contribution in [2.24, 2.45) is 7.05 Å². The summed E-state index contributed by atoms with van der Waals surface area (Å²) < 4.78 is 23.6. The number of thiazole rings is 1. The van der Waals surface area contributed by atoms with Gasteiger partial charge in [-0.15, -0.1) is 0 Å². The Balaban J connectivity index is 1.35. The van der Waals surface area contributed by atoms with Gasteiger partial charge in [0.15, 0.2) is 16.6 Å². The van der Waals surface area contributed by atoms with Crippen molar-refractivity contribution in [1.29, 1.82) is 0 Å². The van der Waals surface area contributed by atoms with Crippen LogP contribution >= 0.6 is 11.3 Å². The standard InChI is InChI=1S/C27H28N8O5S/c1-14-6-7-15(30-21(36)11-17-12-35(2)13-29-17)8-18(14)25-33-26(40-34-25)23-24(28)32-27(41-23)31-16-9-19(37-3)22(39-5)20(10-16)38-4/h6-10,12-13H,11,28H2,1-5H3,(H,30,36)(H,31,32). The number of nitrogens with zero attached hydrogens (tertiary/aromatic N) is 5. The second kappa shape index (κ2) is 11.6. The molecule has 0 fully saturated rings. The maximum Gasteiger partial charge on any atom is 0.272 e. The van der Waals surface area contributed by atoms with Crippen LogP contribution in [0.15, 0.2) is 47.4 Å². The summed E-state index contributed by atoms with van der Waals surface area (Å²) in [6, 6.07) is 9.01. The number of ether oxygens (including phenoxy) is 3. The molecule has 2 aromatic carbocycles. The quantitative estimate of drug-likeness (QED) is 0.215. The molecule has 5 aromatic rings. The van der Waals surface area contributed by atoms with E-state index in [9.17, 15) is 4.79 Å². The average molecular weight is 577 g/mol. The Morgan fingerprint density at radius 2 is 1.83 bits per heavy atom. The minimum absolute atomic E-state index is 0.160. The lowest BCUT2D eigenvalue weighted by molar-refractivity contribution is -0.115. The van der Waals surface area contributed by atoms with E-state index >= 15 is 0 Å². The first-order valence-corrected chi connectivity index (χ1v) is 13.1. The molecule has 41 heavy (non-hydrogen) atoms. The van der Waals surface area contributed by atoms with Crippen molar-refractivity contribution in [3.8, 4) is 39.4 Å². The summed E-state index contributed by atoms with van der Waals surface area (Å²) in [7, 11) is 6.48. The van der Waals surface area contributed by atoms with E-state index in [0.29, 0.717) is 55.7 Å². The predicted molar refractivity (Wildman–Crippen MR) is 155 cm³/mol. The van der Waals surface area contributed by atoms with Gasteiger partial charge in [-0.3, -0.25) is 4.79 Å². The van der Waals surface area contributed by atoms with Gasteiger partial charge in [0.25, 0.3) is 5.89 Å². The fourth-order valence-corrected chi connectivity index (χ4v) is 4.94. The molecule has 14 heteroatoms. The summed E-state index contributed by atoms with van der Waals surface area (Å²) in [5, 5.41) is 10.8. The number of hydrogen-bond acceptors (Lipinski definition) is 12. The second-order valence-corrected chi connectivity index (χ2v) is 9.98. The van der Waals surface area contributed by atoms with E-state index in [2.05, 4.69) is 30.7 Å². The van der Waals surface area contributed by atoms with Crippen molar-refractivity contribution in [2.75, 3.05) is 37.7 Å². The molecule has 212 valence electrons. The lowest BCUT2D eigenvalue weighted by Crippen LogP contribution is -2.14. The third kappa shape index (κ3) is 5.91. The Bertz CT molecular complexity index is 1680. The highest BCUT2D eigenvalue weighted by molar-refractivity contribution is 7.19. The minimum Gasteiger partial charge on any atom is -0.493 e. The maximum atomic E-state index is 12.5. The number of hydrogen-bond donors (Lipinski definition) is 3. The number of nitrogens with one attached hydrogen (secondary N) is 2. The summed E-state index contributed by atoms with van der Waals surface area (Å²) in [5.74, 6) is 2.08. The zero-order chi connectivity index (χ0) is 29.1. The van der Waals surface area contributed by atoms with Crippen LogP contribution in [-0.4, -0.2) is 51.9 Å². The minimum atomic E-state index is -0.183. The van der Waals surface area contributed by atoms with Gasteiger partial charge in [-0.05, 0) is 24.6 Å². The number of methoxy groups -OCH3 is 3. The fourth-order valence-electron chi connectivity index (χ4n) is 4.11. The first-order chi connectivity index (χ1) is 19.8. The lowest BCUT2D eigenvalue weighted by Gasteiger charge is -2.14. The molecule has 0 saturated carbocycles. The average Bonchev–Trinajstić information content (AvgIpc) is 3.69. The Morgan fingerprint density at radius 3 is 2.49 bits per heavy atom. The number of amides is 1. The van der Waals surface area contributed by atoms with E-state index in [1.807, 2.05) is 26.1 Å². The molecule has 13 nitrogen and oxygen atoms in total. The Labute approximate surface area is 239 Å². The van der Waals surface area contributed by atoms with E-state index in [-0.39, 0.29) is 24.0 Å². The third-order valence-electron chi connectivity index (χ3n) is 6.05. The van der Waals surface area contributed by atoms with Gasteiger partial charge in [-0.2, -0.15) is 4.98 Å². The molecule has 5 rings (SSSR count). The van der Waals surface area contributed by atoms with Crippen LogP contribution in [0.25, 0.3) is 22.2 Å². The third-order valence-corrected chi connectivity index (χ3v) is 7.03. The predicted octanol–water partition coefficient (Wildman–Crippen LogP) is 4.43. The number of benzene rings is 2. The molecular weight excluding hydrogens is 548 g/mol. The summed E-state index contributed by atoms with van der Waals surface area (Å²) in [5.41, 5.74) is 9.76. The van der Waals surface area contributed by atoms with E-state index in [1.165, 1.54) is 18.4 Å². The Kier molecular flexibility index (Phi) is 7.74. The number of rotatable bonds is 10. The van der Waals surface area contributed by atoms with Gasteiger partial charge in [0.2, 0.25) is 17.5 Å². The SMILES string of the molecule is COc1cc(Nc2nc(N)c(-c3nc(-c4cc(NC(=O)Cc5cn(C)cn5)ccc4C)no3)s2)cc(OC)c1OC. The van der Waals surface area contributed by atoms with Crippen molar-refractivity contribution in [3.63, 3.8) is 0 Å². The number of carbonyl (C=O) groups excluding carboxylic acids is 1. The molecule has 0 spiro atoms. The highest BCUT2D eigenvalue weighted by Crippen LogP contribution is 2.42. The van der Waals surface area contributed by atoms with Gasteiger partial charge in [0.1, 0.15) is 10.7 Å². The Hall–Kier alpha value is -5.11. The van der Waals surface area contributed by atoms with Crippen molar-refractivity contribution >= 4 is 39.6 Å². The monoisotopic (exact) mass is 576 g/mol. The molecule has 0 unspecified atom stereocenters. The number of anilines is 4. The molecule has 1 amide bonds. The van der Waals surface area contributed by atoms with Gasteiger partial charge in [-0.1, -0.05) is 22.6 Å². The molecule has 0 aliphatic carbocycles. The molecule has 0 aliphatic rings. The van der Waals surface area contributed by atoms with Crippen molar-refractivity contribution in [1.82, 2.24) is 24.7 Å². The van der Waals surface area contributed by atoms with Gasteiger partial charge >= 0.3 is 0 Å². The van der Waals surface area contributed by atoms with Crippen molar-refractivity contribution < 1.29 is 23.5 Å². The van der Waals surface area contributed by atoms with Gasteiger partial charge < -0.3 is 39.7 Å². The molecule has 3 aromatic heterocycles. The van der Waals surface area contributed by atoms with Crippen LogP contribution < -0.4 is 30.6 Å². The van der Waals surface area contributed by atoms with Crippen LogP contribution in [0, 0.1) is 6.92 Å². The molecule has 0 atom stereocenters. The molecule has 0 saturated heterocycles. The largest absolute Gasteiger partial charge is 0.493 e. The summed E-state index contributed by atoms with van der Waals surface area (Å²) in [4.78, 5) is 26.2. The summed E-state index contributed by atoms with van der Waals surface area (Å²) >= 11 is 1.25. The molecule has 0 radical (unpaired) electrons. The summed E-state index contributed by atoms with van der Waals surface area (Å²) in [6.07, 6.45) is 3.62. The normalized spacial score (nSPS) is 10.9. The van der Waals surface area contributed by atoms with Gasteiger partial charge in [0, 0.05) is 42.3 Å². The number of aryl methyl sites for hydroxylation is 2. The first kappa shape index (κ1) is 27.5. The lowest BCUT2D eigenvalue weighted by atomic mass is 10.1. The van der Waals surface area contributed by atoms with Crippen LogP contribution in [0.3, 0.4) is 0 Å². The van der Waals surface area contributed by atoms with E-state index < -0.39 is 0 Å². The second-order valence-electron chi connectivity index (χ2n) is 8.98. The van der Waals surface area contributed by atoms with Crippen LogP contribution in [0.4, 0.5) is 22.3 Å². The van der Waals surface area contributed by atoms with Crippen molar-refractivity contribution in [2.45, 2.75) is 13.3 Å². The van der Waals surface area contributed by atoms with Gasteiger partial charge in [-0.25, -0.2) is 9.97 Å². The highest BCUT2D eigenvalue weighted by Gasteiger charge is 2.20. The number of carbonyl (C=O) groups is 1. The van der Waals surface area contributed by atoms with Crippen LogP contribution in [0.2, 0.25) is 0 Å². The van der Waals surface area contributed by atoms with Gasteiger partial charge in [0.05, 0.1) is 39.8 Å². The first-order valence-electron chi connectivity index (χ1n) is 12.3. The highest BCUT2D eigenvalue weighted by atomic mass is 32.1. The number of imidazole rings is 1. The number of nitrogens with two attached hydrogens (primary N) is 1. The van der Waals surface area contributed by atoms with Crippen molar-refractivity contribution in [3.05, 3.63) is 54.1 Å². The van der Waals surface area contributed by atoms with Crippen LogP contribution in [0.1, 0.15) is 11.3 Å². The van der Waals surface area contributed by atoms with E-state index in [1.54, 1.807) is 49.5 Å². The molecule has 0 bridgehead atoms. The summed E-state index contributed by atoms with van der Waals surface area (Å²) in [6.45, 7) is 1.92. The Morgan fingerprint density at radius 1 is 1.07 bits per heavy atom. The molecular formula is C27H28N8O5S. The molecule has 0 aliphatic heterocycles. The number of nitrogen functional groups attached to an aromatic ring is 1. The maximum absolute atomic E-state index is 12.5. The topological polar surface area (TPSA) is 164 Å². The van der Waals surface area contributed by atoms with Crippen LogP contribution in [-0.2, 0) is 18.3 Å².